The minimum Gasteiger partial charge on any atom is -0.441 e. The van der Waals surface area contributed by atoms with Gasteiger partial charge in [-0.25, -0.2) is 4.98 Å². The van der Waals surface area contributed by atoms with Gasteiger partial charge in [0.2, 0.25) is 5.89 Å². The van der Waals surface area contributed by atoms with Crippen LogP contribution in [0.5, 0.6) is 0 Å². The molecule has 4 nitrogen and oxygen atoms in total. The molecule has 1 aromatic heterocycles. The number of aryl methyl sites for hydroxylation is 1. The van der Waals surface area contributed by atoms with Gasteiger partial charge in [0.25, 0.3) is 0 Å². The Bertz CT molecular complexity index is 506. The van der Waals surface area contributed by atoms with Crippen LogP contribution in [0.3, 0.4) is 0 Å². The van der Waals surface area contributed by atoms with E-state index in [-0.39, 0.29) is 6.61 Å². The van der Waals surface area contributed by atoms with Crippen LogP contribution in [0.4, 0.5) is 0 Å². The molecule has 0 radical (unpaired) electrons. The number of aliphatic hydroxyl groups excluding tert-OH is 1. The van der Waals surface area contributed by atoms with E-state index in [0.29, 0.717) is 18.9 Å². The van der Waals surface area contributed by atoms with E-state index < -0.39 is 0 Å². The van der Waals surface area contributed by atoms with Crippen molar-refractivity contribution in [2.24, 2.45) is 5.73 Å². The summed E-state index contributed by atoms with van der Waals surface area (Å²) in [6.45, 7) is 2.43. The molecule has 0 atom stereocenters. The molecule has 0 amide bonds. The third kappa shape index (κ3) is 2.54. The molecule has 0 spiro atoms. The average molecular weight is 232 g/mol. The minimum atomic E-state index is 0.0790. The normalized spacial score (nSPS) is 10.8. The SMILES string of the molecule is Cc1oc(-c2cccc(CN)c2)nc1CCO. The number of nitrogens with zero attached hydrogens (tertiary/aromatic N) is 1. The van der Waals surface area contributed by atoms with Crippen molar-refractivity contribution in [3.8, 4) is 11.5 Å². The van der Waals surface area contributed by atoms with Crippen LogP contribution < -0.4 is 5.73 Å². The molecule has 3 N–H and O–H groups in total. The molecule has 4 heteroatoms. The number of benzene rings is 1. The Labute approximate surface area is 100 Å². The summed E-state index contributed by atoms with van der Waals surface area (Å²) in [6, 6.07) is 7.80. The lowest BCUT2D eigenvalue weighted by Crippen LogP contribution is -1.96. The fraction of sp³-hybridized carbons (Fsp3) is 0.308. The van der Waals surface area contributed by atoms with E-state index in [2.05, 4.69) is 4.98 Å². The second kappa shape index (κ2) is 5.12. The predicted octanol–water partition coefficient (Wildman–Crippen LogP) is 1.64. The first-order valence-electron chi connectivity index (χ1n) is 5.61. The molecule has 0 saturated heterocycles. The van der Waals surface area contributed by atoms with Crippen LogP contribution in [-0.4, -0.2) is 16.7 Å². The van der Waals surface area contributed by atoms with Crippen LogP contribution in [0.1, 0.15) is 17.0 Å². The zero-order valence-electron chi connectivity index (χ0n) is 9.81. The van der Waals surface area contributed by atoms with Crippen LogP contribution in [-0.2, 0) is 13.0 Å². The lowest BCUT2D eigenvalue weighted by atomic mass is 10.1. The quantitative estimate of drug-likeness (QED) is 0.840. The van der Waals surface area contributed by atoms with Gasteiger partial charge in [0.05, 0.1) is 5.69 Å². The van der Waals surface area contributed by atoms with E-state index in [0.717, 1.165) is 22.6 Å². The van der Waals surface area contributed by atoms with Crippen molar-refractivity contribution in [3.05, 3.63) is 41.3 Å². The summed E-state index contributed by atoms with van der Waals surface area (Å²) < 4.78 is 5.59. The molecule has 0 unspecified atom stereocenters. The highest BCUT2D eigenvalue weighted by Crippen LogP contribution is 2.22. The summed E-state index contributed by atoms with van der Waals surface area (Å²) in [5.74, 6) is 1.34. The highest BCUT2D eigenvalue weighted by Gasteiger charge is 2.10. The third-order valence-electron chi connectivity index (χ3n) is 2.65. The van der Waals surface area contributed by atoms with Crippen LogP contribution in [0.25, 0.3) is 11.5 Å². The molecular formula is C13H16N2O2. The van der Waals surface area contributed by atoms with E-state index in [9.17, 15) is 0 Å². The van der Waals surface area contributed by atoms with Crippen LogP contribution in [0, 0.1) is 6.92 Å². The van der Waals surface area contributed by atoms with Gasteiger partial charge in [0, 0.05) is 25.1 Å². The summed E-state index contributed by atoms with van der Waals surface area (Å²) in [5.41, 5.74) is 8.36. The molecule has 0 saturated carbocycles. The highest BCUT2D eigenvalue weighted by molar-refractivity contribution is 5.55. The van der Waals surface area contributed by atoms with E-state index in [1.165, 1.54) is 0 Å². The second-order valence-electron chi connectivity index (χ2n) is 3.90. The summed E-state index contributed by atoms with van der Waals surface area (Å²) in [7, 11) is 0. The summed E-state index contributed by atoms with van der Waals surface area (Å²) in [4.78, 5) is 4.38. The first-order chi connectivity index (χ1) is 8.24. The molecule has 1 aromatic carbocycles. The Balaban J connectivity index is 2.35. The number of nitrogens with two attached hydrogens (primary N) is 1. The Morgan fingerprint density at radius 1 is 1.41 bits per heavy atom. The molecule has 0 aliphatic heterocycles. The lowest BCUT2D eigenvalue weighted by Gasteiger charge is -1.98. The van der Waals surface area contributed by atoms with E-state index in [1.807, 2.05) is 31.2 Å². The van der Waals surface area contributed by atoms with Gasteiger partial charge in [0.15, 0.2) is 0 Å². The predicted molar refractivity (Wildman–Crippen MR) is 65.4 cm³/mol. The molecule has 1 heterocycles. The first-order valence-corrected chi connectivity index (χ1v) is 5.61. The van der Waals surface area contributed by atoms with Crippen LogP contribution in [0.15, 0.2) is 28.7 Å². The summed E-state index contributed by atoms with van der Waals surface area (Å²) >= 11 is 0. The van der Waals surface area contributed by atoms with Gasteiger partial charge in [-0.2, -0.15) is 0 Å². The smallest absolute Gasteiger partial charge is 0.226 e. The summed E-state index contributed by atoms with van der Waals surface area (Å²) in [6.07, 6.45) is 0.520. The molecule has 2 rings (SSSR count). The molecule has 0 fully saturated rings. The number of hydrogen-bond donors (Lipinski definition) is 2. The standard InChI is InChI=1S/C13H16N2O2/c1-9-12(5-6-16)15-13(17-9)11-4-2-3-10(7-11)8-14/h2-4,7,16H,5-6,8,14H2,1H3. The van der Waals surface area contributed by atoms with E-state index >= 15 is 0 Å². The van der Waals surface area contributed by atoms with E-state index in [4.69, 9.17) is 15.3 Å². The Hall–Kier alpha value is -1.65. The molecule has 0 aliphatic carbocycles. The fourth-order valence-electron chi connectivity index (χ4n) is 1.72. The van der Waals surface area contributed by atoms with Crippen molar-refractivity contribution in [1.29, 1.82) is 0 Å². The number of oxazole rings is 1. The van der Waals surface area contributed by atoms with Crippen molar-refractivity contribution in [1.82, 2.24) is 4.98 Å². The van der Waals surface area contributed by atoms with Gasteiger partial charge in [-0.3, -0.25) is 0 Å². The van der Waals surface area contributed by atoms with Gasteiger partial charge >= 0.3 is 0 Å². The third-order valence-corrected chi connectivity index (χ3v) is 2.65. The van der Waals surface area contributed by atoms with Crippen molar-refractivity contribution in [2.45, 2.75) is 19.9 Å². The molecule has 0 aliphatic rings. The second-order valence-corrected chi connectivity index (χ2v) is 3.90. The molecule has 17 heavy (non-hydrogen) atoms. The average Bonchev–Trinajstić information content (AvgIpc) is 2.72. The zero-order valence-corrected chi connectivity index (χ0v) is 9.81. The maximum atomic E-state index is 8.91. The number of hydrogen-bond acceptors (Lipinski definition) is 4. The topological polar surface area (TPSA) is 72.3 Å². The Kier molecular flexibility index (Phi) is 3.56. The highest BCUT2D eigenvalue weighted by atomic mass is 16.4. The monoisotopic (exact) mass is 232 g/mol. The van der Waals surface area contributed by atoms with Crippen molar-refractivity contribution in [2.75, 3.05) is 6.61 Å². The molecule has 90 valence electrons. The van der Waals surface area contributed by atoms with Gasteiger partial charge in [0.1, 0.15) is 5.76 Å². The van der Waals surface area contributed by atoms with Crippen molar-refractivity contribution >= 4 is 0 Å². The van der Waals surface area contributed by atoms with Crippen LogP contribution >= 0.6 is 0 Å². The Morgan fingerprint density at radius 2 is 2.24 bits per heavy atom. The fourth-order valence-corrected chi connectivity index (χ4v) is 1.72. The maximum Gasteiger partial charge on any atom is 0.226 e. The molecule has 2 aromatic rings. The number of aliphatic hydroxyl groups is 1. The number of rotatable bonds is 4. The van der Waals surface area contributed by atoms with Gasteiger partial charge in [-0.15, -0.1) is 0 Å². The largest absolute Gasteiger partial charge is 0.441 e. The summed E-state index contributed by atoms with van der Waals surface area (Å²) in [5, 5.41) is 8.91. The van der Waals surface area contributed by atoms with Crippen LogP contribution in [0.2, 0.25) is 0 Å². The maximum absolute atomic E-state index is 8.91. The zero-order chi connectivity index (χ0) is 12.3. The molecule has 0 bridgehead atoms. The van der Waals surface area contributed by atoms with Gasteiger partial charge in [-0.1, -0.05) is 12.1 Å². The molecular weight excluding hydrogens is 216 g/mol. The lowest BCUT2D eigenvalue weighted by molar-refractivity contribution is 0.297. The minimum absolute atomic E-state index is 0.0790. The van der Waals surface area contributed by atoms with E-state index in [1.54, 1.807) is 0 Å². The number of aromatic nitrogens is 1. The van der Waals surface area contributed by atoms with Crippen molar-refractivity contribution < 1.29 is 9.52 Å². The van der Waals surface area contributed by atoms with Gasteiger partial charge < -0.3 is 15.3 Å². The van der Waals surface area contributed by atoms with Gasteiger partial charge in [-0.05, 0) is 24.6 Å². The first kappa shape index (κ1) is 11.8. The van der Waals surface area contributed by atoms with Crippen molar-refractivity contribution in [3.63, 3.8) is 0 Å². The Morgan fingerprint density at radius 3 is 2.94 bits per heavy atom.